The summed E-state index contributed by atoms with van der Waals surface area (Å²) >= 11 is 0. The molecule has 2 nitrogen and oxygen atoms in total. The van der Waals surface area contributed by atoms with Gasteiger partial charge in [0.15, 0.2) is 0 Å². The number of fused-ring (bicyclic) bond motifs is 5. The van der Waals surface area contributed by atoms with Crippen molar-refractivity contribution >= 4 is 0 Å². The van der Waals surface area contributed by atoms with Gasteiger partial charge in [-0.15, -0.1) is 0 Å². The molecule has 0 aromatic rings. The van der Waals surface area contributed by atoms with E-state index in [-0.39, 0.29) is 23.0 Å². The second-order valence-corrected chi connectivity index (χ2v) is 11.4. The Labute approximate surface area is 161 Å². The van der Waals surface area contributed by atoms with E-state index in [1.165, 1.54) is 32.1 Å². The summed E-state index contributed by atoms with van der Waals surface area (Å²) in [5.74, 6) is 4.04. The van der Waals surface area contributed by atoms with Crippen molar-refractivity contribution in [3.8, 4) is 0 Å². The Morgan fingerprint density at radius 3 is 2.35 bits per heavy atom. The first-order valence-corrected chi connectivity index (χ1v) is 11.6. The van der Waals surface area contributed by atoms with Crippen LogP contribution < -0.4 is 0 Å². The fourth-order valence-electron chi connectivity index (χ4n) is 9.31. The third kappa shape index (κ3) is 2.30. The van der Waals surface area contributed by atoms with E-state index in [4.69, 9.17) is 0 Å². The monoisotopic (exact) mass is 362 g/mol. The molecule has 2 N–H and O–H groups in total. The summed E-state index contributed by atoms with van der Waals surface area (Å²) < 4.78 is 0. The van der Waals surface area contributed by atoms with E-state index in [0.717, 1.165) is 55.3 Å². The molecule has 4 fully saturated rings. The van der Waals surface area contributed by atoms with Gasteiger partial charge in [0.1, 0.15) is 0 Å². The minimum absolute atomic E-state index is 0.0457. The van der Waals surface area contributed by atoms with Crippen molar-refractivity contribution in [1.29, 1.82) is 0 Å². The van der Waals surface area contributed by atoms with Gasteiger partial charge in [-0.1, -0.05) is 34.6 Å². The van der Waals surface area contributed by atoms with E-state index in [2.05, 4.69) is 34.6 Å². The van der Waals surface area contributed by atoms with Gasteiger partial charge < -0.3 is 10.2 Å². The normalized spacial score (nSPS) is 54.7. The highest BCUT2D eigenvalue weighted by atomic mass is 16.3. The van der Waals surface area contributed by atoms with Crippen LogP contribution in [-0.2, 0) is 0 Å². The first-order valence-electron chi connectivity index (χ1n) is 11.6. The van der Waals surface area contributed by atoms with Crippen LogP contribution in [0.5, 0.6) is 0 Å². The Kier molecular flexibility index (Phi) is 4.60. The standard InChI is InChI=1S/C24H42O2/c1-6-21(26)24-13-16(25)9-12-23(24,5)20-10-11-22(4)18(15(2)3)7-8-19(22)17(20)14-24/h15-21,25-26H,6-14H2,1-5H3/t16-,17-,18+,19-,20-,21+,22+,23+,24-/m0/s1. The summed E-state index contributed by atoms with van der Waals surface area (Å²) in [5.41, 5.74) is 0.690. The molecule has 0 aliphatic heterocycles. The maximum absolute atomic E-state index is 11.2. The Balaban J connectivity index is 1.72. The lowest BCUT2D eigenvalue weighted by molar-refractivity contribution is -0.129. The summed E-state index contributed by atoms with van der Waals surface area (Å²) in [6.45, 7) is 12.1. The van der Waals surface area contributed by atoms with Crippen molar-refractivity contribution < 1.29 is 10.2 Å². The fraction of sp³-hybridized carbons (Fsp3) is 1.00. The van der Waals surface area contributed by atoms with E-state index in [0.29, 0.717) is 5.41 Å². The van der Waals surface area contributed by atoms with Crippen molar-refractivity contribution in [3.63, 3.8) is 0 Å². The topological polar surface area (TPSA) is 40.5 Å². The van der Waals surface area contributed by atoms with E-state index >= 15 is 0 Å². The van der Waals surface area contributed by atoms with Crippen molar-refractivity contribution in [2.45, 2.75) is 105 Å². The lowest BCUT2D eigenvalue weighted by atomic mass is 9.50. The molecule has 0 unspecified atom stereocenters. The van der Waals surface area contributed by atoms with Gasteiger partial charge in [-0.25, -0.2) is 0 Å². The molecule has 26 heavy (non-hydrogen) atoms. The van der Waals surface area contributed by atoms with Gasteiger partial charge in [0.25, 0.3) is 0 Å². The van der Waals surface area contributed by atoms with Crippen LogP contribution in [0.4, 0.5) is 0 Å². The Bertz CT molecular complexity index is 544. The zero-order valence-electron chi connectivity index (χ0n) is 17.8. The third-order valence-electron chi connectivity index (χ3n) is 10.5. The van der Waals surface area contributed by atoms with Gasteiger partial charge >= 0.3 is 0 Å². The third-order valence-corrected chi connectivity index (χ3v) is 10.5. The van der Waals surface area contributed by atoms with Crippen molar-refractivity contribution in [3.05, 3.63) is 0 Å². The predicted molar refractivity (Wildman–Crippen MR) is 107 cm³/mol. The summed E-state index contributed by atoms with van der Waals surface area (Å²) in [7, 11) is 0. The quantitative estimate of drug-likeness (QED) is 0.704. The molecule has 4 aliphatic rings. The summed E-state index contributed by atoms with van der Waals surface area (Å²) in [4.78, 5) is 0. The number of aliphatic hydroxyl groups is 2. The van der Waals surface area contributed by atoms with E-state index < -0.39 is 0 Å². The zero-order valence-corrected chi connectivity index (χ0v) is 17.8. The average molecular weight is 363 g/mol. The van der Waals surface area contributed by atoms with Gasteiger partial charge in [-0.2, -0.15) is 0 Å². The first-order chi connectivity index (χ1) is 12.2. The molecule has 4 rings (SSSR count). The molecule has 0 aromatic carbocycles. The molecule has 0 saturated heterocycles. The highest BCUT2D eigenvalue weighted by Crippen LogP contribution is 2.74. The van der Waals surface area contributed by atoms with Crippen LogP contribution in [0.3, 0.4) is 0 Å². The van der Waals surface area contributed by atoms with Gasteiger partial charge in [0, 0.05) is 5.41 Å². The molecule has 0 amide bonds. The lowest BCUT2D eigenvalue weighted by Crippen LogP contribution is -2.52. The van der Waals surface area contributed by atoms with Crippen LogP contribution in [-0.4, -0.2) is 22.4 Å². The van der Waals surface area contributed by atoms with Crippen molar-refractivity contribution in [1.82, 2.24) is 0 Å². The van der Waals surface area contributed by atoms with E-state index in [1.54, 1.807) is 0 Å². The second-order valence-electron chi connectivity index (χ2n) is 11.4. The molecule has 0 heterocycles. The molecular weight excluding hydrogens is 320 g/mol. The van der Waals surface area contributed by atoms with Gasteiger partial charge in [0.2, 0.25) is 0 Å². The molecule has 0 aromatic heterocycles. The second kappa shape index (κ2) is 6.21. The summed E-state index contributed by atoms with van der Waals surface area (Å²) in [6, 6.07) is 0. The van der Waals surface area contributed by atoms with Crippen LogP contribution in [0.2, 0.25) is 0 Å². The van der Waals surface area contributed by atoms with Crippen LogP contribution in [0.1, 0.15) is 92.4 Å². The number of aliphatic hydroxyl groups excluding tert-OH is 2. The SMILES string of the molecule is CC[C@@H](O)[C@@]12C[C@@H](O)CC[C@]1(C)[C@H]1CC[C@]3(C)[C@@H](C(C)C)CC[C@H]3[C@@H]1C2. The minimum Gasteiger partial charge on any atom is -0.393 e. The number of hydrogen-bond acceptors (Lipinski definition) is 2. The van der Waals surface area contributed by atoms with Gasteiger partial charge in [-0.3, -0.25) is 0 Å². The first kappa shape index (κ1) is 19.2. The molecule has 0 spiro atoms. The highest BCUT2D eigenvalue weighted by molar-refractivity contribution is 5.18. The highest BCUT2D eigenvalue weighted by Gasteiger charge is 2.69. The number of rotatable bonds is 3. The van der Waals surface area contributed by atoms with Crippen LogP contribution in [0, 0.1) is 45.8 Å². The van der Waals surface area contributed by atoms with Crippen LogP contribution in [0.25, 0.3) is 0 Å². The zero-order chi connectivity index (χ0) is 18.9. The summed E-state index contributed by atoms with van der Waals surface area (Å²) in [5, 5.41) is 21.8. The molecule has 4 saturated carbocycles. The minimum atomic E-state index is -0.249. The molecule has 0 bridgehead atoms. The molecule has 150 valence electrons. The molecule has 9 atom stereocenters. The molecule has 2 heteroatoms. The largest absolute Gasteiger partial charge is 0.393 e. The van der Waals surface area contributed by atoms with E-state index in [1.807, 2.05) is 0 Å². The van der Waals surface area contributed by atoms with E-state index in [9.17, 15) is 10.2 Å². The average Bonchev–Trinajstić information content (AvgIpc) is 3.07. The fourth-order valence-corrected chi connectivity index (χ4v) is 9.31. The van der Waals surface area contributed by atoms with Crippen molar-refractivity contribution in [2.75, 3.05) is 0 Å². The van der Waals surface area contributed by atoms with Crippen molar-refractivity contribution in [2.24, 2.45) is 45.8 Å². The Morgan fingerprint density at radius 2 is 1.69 bits per heavy atom. The Morgan fingerprint density at radius 1 is 0.962 bits per heavy atom. The van der Waals surface area contributed by atoms with Gasteiger partial charge in [-0.05, 0) is 98.2 Å². The van der Waals surface area contributed by atoms with Crippen LogP contribution in [0.15, 0.2) is 0 Å². The Hall–Kier alpha value is -0.0800. The lowest BCUT2D eigenvalue weighted by Gasteiger charge is -2.55. The maximum atomic E-state index is 11.2. The predicted octanol–water partition coefficient (Wildman–Crippen LogP) is 5.41. The summed E-state index contributed by atoms with van der Waals surface area (Å²) in [6.07, 6.45) is 9.99. The van der Waals surface area contributed by atoms with Gasteiger partial charge in [0.05, 0.1) is 12.2 Å². The maximum Gasteiger partial charge on any atom is 0.0600 e. The molecule has 4 aliphatic carbocycles. The smallest absolute Gasteiger partial charge is 0.0600 e. The number of hydrogen-bond donors (Lipinski definition) is 2. The molecule has 0 radical (unpaired) electrons. The molecular formula is C24H42O2. The van der Waals surface area contributed by atoms with Crippen LogP contribution >= 0.6 is 0 Å².